The van der Waals surface area contributed by atoms with Crippen LogP contribution < -0.4 is 4.90 Å². The summed E-state index contributed by atoms with van der Waals surface area (Å²) >= 11 is 0. The molecule has 0 unspecified atom stereocenters. The molecule has 0 fully saturated rings. The van der Waals surface area contributed by atoms with Crippen LogP contribution in [0, 0.1) is 0 Å². The van der Waals surface area contributed by atoms with Gasteiger partial charge in [-0.05, 0) is 115 Å². The molecule has 0 N–H and O–H groups in total. The van der Waals surface area contributed by atoms with Gasteiger partial charge in [0.25, 0.3) is 0 Å². The number of anilines is 3. The maximum Gasteiger partial charge on any atom is 0.136 e. The van der Waals surface area contributed by atoms with Gasteiger partial charge < -0.3 is 9.32 Å². The lowest BCUT2D eigenvalue weighted by Gasteiger charge is -2.27. The van der Waals surface area contributed by atoms with Gasteiger partial charge in [-0.25, -0.2) is 0 Å². The van der Waals surface area contributed by atoms with Crippen molar-refractivity contribution in [1.82, 2.24) is 0 Å². The molecular formula is C56H37NO. The highest BCUT2D eigenvalue weighted by Crippen LogP contribution is 2.42. The van der Waals surface area contributed by atoms with Crippen LogP contribution in [0.4, 0.5) is 17.1 Å². The van der Waals surface area contributed by atoms with Crippen LogP contribution >= 0.6 is 0 Å². The lowest BCUT2D eigenvalue weighted by molar-refractivity contribution is 0.669. The zero-order valence-corrected chi connectivity index (χ0v) is 31.7. The van der Waals surface area contributed by atoms with Crippen LogP contribution in [0.1, 0.15) is 0 Å². The average Bonchev–Trinajstić information content (AvgIpc) is 3.68. The smallest absolute Gasteiger partial charge is 0.136 e. The highest BCUT2D eigenvalue weighted by Gasteiger charge is 2.18. The summed E-state index contributed by atoms with van der Waals surface area (Å²) < 4.78 is 6.30. The van der Waals surface area contributed by atoms with Crippen molar-refractivity contribution in [3.63, 3.8) is 0 Å². The van der Waals surface area contributed by atoms with Crippen molar-refractivity contribution in [2.75, 3.05) is 4.90 Å². The van der Waals surface area contributed by atoms with E-state index in [-0.39, 0.29) is 0 Å². The maximum atomic E-state index is 6.30. The second kappa shape index (κ2) is 14.1. The fourth-order valence-electron chi connectivity index (χ4n) is 8.69. The minimum atomic E-state index is 0.893. The van der Waals surface area contributed by atoms with E-state index in [0.717, 1.165) is 50.1 Å². The predicted octanol–water partition coefficient (Wildman–Crippen LogP) is 16.0. The molecule has 1 aromatic heterocycles. The standard InChI is InChI=1S/C56H37NO/c1-3-20-48-40(12-1)14-9-23-50(48)42-30-28-38(29-31-42)39-32-34-45(35-33-39)57(46-18-7-16-43(36-46)51-24-10-15-41-13-2-4-21-49(41)51)47-19-8-17-44(37-47)52-25-11-27-55-56(52)53-22-5-6-26-54(53)58-55/h1-37H. The molecule has 0 saturated carbocycles. The summed E-state index contributed by atoms with van der Waals surface area (Å²) in [6, 6.07) is 80.7. The van der Waals surface area contributed by atoms with Crippen molar-refractivity contribution in [3.8, 4) is 44.5 Å². The second-order valence-electron chi connectivity index (χ2n) is 14.9. The van der Waals surface area contributed by atoms with Crippen LogP contribution in [-0.4, -0.2) is 0 Å². The van der Waals surface area contributed by atoms with E-state index < -0.39 is 0 Å². The molecule has 11 aromatic rings. The fraction of sp³-hybridized carbons (Fsp3) is 0. The van der Waals surface area contributed by atoms with E-state index in [1.165, 1.54) is 54.9 Å². The first kappa shape index (κ1) is 33.6. The first-order valence-corrected chi connectivity index (χ1v) is 19.8. The molecule has 0 aliphatic rings. The van der Waals surface area contributed by atoms with Gasteiger partial charge in [-0.1, -0.05) is 176 Å². The Morgan fingerprint density at radius 3 is 1.38 bits per heavy atom. The molecule has 0 aliphatic heterocycles. The Balaban J connectivity index is 1.01. The molecule has 2 heteroatoms. The van der Waals surface area contributed by atoms with Crippen LogP contribution in [0.5, 0.6) is 0 Å². The summed E-state index contributed by atoms with van der Waals surface area (Å²) in [6.07, 6.45) is 0. The molecule has 58 heavy (non-hydrogen) atoms. The molecule has 0 amide bonds. The molecule has 2 nitrogen and oxygen atoms in total. The number of hydrogen-bond acceptors (Lipinski definition) is 2. The lowest BCUT2D eigenvalue weighted by Crippen LogP contribution is -2.10. The molecule has 272 valence electrons. The van der Waals surface area contributed by atoms with Crippen molar-refractivity contribution in [3.05, 3.63) is 224 Å². The summed E-state index contributed by atoms with van der Waals surface area (Å²) in [5.41, 5.74) is 14.5. The van der Waals surface area contributed by atoms with E-state index in [2.05, 4.69) is 217 Å². The summed E-state index contributed by atoms with van der Waals surface area (Å²) in [4.78, 5) is 2.37. The van der Waals surface area contributed by atoms with Crippen molar-refractivity contribution < 1.29 is 4.42 Å². The van der Waals surface area contributed by atoms with Gasteiger partial charge >= 0.3 is 0 Å². The van der Waals surface area contributed by atoms with Gasteiger partial charge in [-0.2, -0.15) is 0 Å². The molecule has 0 saturated heterocycles. The number of para-hydroxylation sites is 1. The fourth-order valence-corrected chi connectivity index (χ4v) is 8.69. The van der Waals surface area contributed by atoms with Crippen molar-refractivity contribution in [1.29, 1.82) is 0 Å². The summed E-state index contributed by atoms with van der Waals surface area (Å²) in [5.74, 6) is 0. The number of hydrogen-bond donors (Lipinski definition) is 0. The van der Waals surface area contributed by atoms with E-state index in [4.69, 9.17) is 4.42 Å². The van der Waals surface area contributed by atoms with Gasteiger partial charge in [0, 0.05) is 27.8 Å². The molecule has 0 atom stereocenters. The number of furan rings is 1. The molecule has 11 rings (SSSR count). The van der Waals surface area contributed by atoms with Crippen LogP contribution in [0.25, 0.3) is 88.0 Å². The van der Waals surface area contributed by atoms with Gasteiger partial charge in [0.1, 0.15) is 11.2 Å². The Bertz CT molecular complexity index is 3270. The summed E-state index contributed by atoms with van der Waals surface area (Å²) in [5, 5.41) is 7.26. The molecular weight excluding hydrogens is 703 g/mol. The Morgan fingerprint density at radius 2 is 0.724 bits per heavy atom. The third kappa shape index (κ3) is 5.91. The van der Waals surface area contributed by atoms with Crippen molar-refractivity contribution in [2.24, 2.45) is 0 Å². The SMILES string of the molecule is c1cc(-c2cccc3ccccc23)cc(N(c2ccc(-c3ccc(-c4cccc5ccccc45)cc3)cc2)c2cccc(-c3cccc4oc5ccccc5c34)c2)c1. The van der Waals surface area contributed by atoms with Gasteiger partial charge in [0.05, 0.1) is 0 Å². The topological polar surface area (TPSA) is 16.4 Å². The predicted molar refractivity (Wildman–Crippen MR) is 245 cm³/mol. The van der Waals surface area contributed by atoms with Crippen molar-refractivity contribution >= 4 is 60.5 Å². The number of fused-ring (bicyclic) bond motifs is 5. The van der Waals surface area contributed by atoms with Gasteiger partial charge in [-0.3, -0.25) is 0 Å². The molecule has 1 heterocycles. The Labute approximate surface area is 337 Å². The minimum Gasteiger partial charge on any atom is -0.456 e. The van der Waals surface area contributed by atoms with Gasteiger partial charge in [-0.15, -0.1) is 0 Å². The highest BCUT2D eigenvalue weighted by atomic mass is 16.3. The van der Waals surface area contributed by atoms with Gasteiger partial charge in [0.2, 0.25) is 0 Å². The number of benzene rings is 10. The summed E-state index contributed by atoms with van der Waals surface area (Å²) in [6.45, 7) is 0. The average molecular weight is 740 g/mol. The van der Waals surface area contributed by atoms with Crippen LogP contribution in [-0.2, 0) is 0 Å². The maximum absolute atomic E-state index is 6.30. The third-order valence-electron chi connectivity index (χ3n) is 11.5. The minimum absolute atomic E-state index is 0.893. The monoisotopic (exact) mass is 739 g/mol. The Kier molecular flexibility index (Phi) is 8.19. The van der Waals surface area contributed by atoms with Crippen LogP contribution in [0.15, 0.2) is 229 Å². The lowest BCUT2D eigenvalue weighted by atomic mass is 9.96. The normalized spacial score (nSPS) is 11.4. The first-order chi connectivity index (χ1) is 28.7. The van der Waals surface area contributed by atoms with Crippen LogP contribution in [0.2, 0.25) is 0 Å². The third-order valence-corrected chi connectivity index (χ3v) is 11.5. The van der Waals surface area contributed by atoms with E-state index in [1.54, 1.807) is 0 Å². The van der Waals surface area contributed by atoms with E-state index >= 15 is 0 Å². The Hall–Kier alpha value is -7.68. The molecule has 0 bridgehead atoms. The summed E-state index contributed by atoms with van der Waals surface area (Å²) in [7, 11) is 0. The largest absolute Gasteiger partial charge is 0.456 e. The van der Waals surface area contributed by atoms with E-state index in [1.807, 2.05) is 12.1 Å². The quantitative estimate of drug-likeness (QED) is 0.162. The molecule has 0 spiro atoms. The first-order valence-electron chi connectivity index (χ1n) is 19.8. The number of nitrogens with zero attached hydrogens (tertiary/aromatic N) is 1. The number of rotatable bonds is 7. The molecule has 10 aromatic carbocycles. The van der Waals surface area contributed by atoms with Crippen molar-refractivity contribution in [2.45, 2.75) is 0 Å². The van der Waals surface area contributed by atoms with Crippen LogP contribution in [0.3, 0.4) is 0 Å². The second-order valence-corrected chi connectivity index (χ2v) is 14.9. The van der Waals surface area contributed by atoms with E-state index in [9.17, 15) is 0 Å². The molecule has 0 radical (unpaired) electrons. The Morgan fingerprint density at radius 1 is 0.276 bits per heavy atom. The van der Waals surface area contributed by atoms with E-state index in [0.29, 0.717) is 0 Å². The highest BCUT2D eigenvalue weighted by molar-refractivity contribution is 6.12. The zero-order chi connectivity index (χ0) is 38.4. The molecule has 0 aliphatic carbocycles. The zero-order valence-electron chi connectivity index (χ0n) is 31.7. The van der Waals surface area contributed by atoms with Gasteiger partial charge in [0.15, 0.2) is 0 Å².